The summed E-state index contributed by atoms with van der Waals surface area (Å²) < 4.78 is 0. The van der Waals surface area contributed by atoms with Gasteiger partial charge in [-0.05, 0) is 43.5 Å². The first-order chi connectivity index (χ1) is 12.0. The Morgan fingerprint density at radius 2 is 2.24 bits per heavy atom. The minimum Gasteiger partial charge on any atom is -0.370 e. The molecule has 1 aliphatic heterocycles. The second-order valence-electron chi connectivity index (χ2n) is 6.21. The van der Waals surface area contributed by atoms with E-state index in [4.69, 9.17) is 0 Å². The number of Topliss-reactive ketones (excluding diaryl/α,β-unsaturated/α-hetero) is 1. The van der Waals surface area contributed by atoms with Crippen molar-refractivity contribution in [3.8, 4) is 0 Å². The molecule has 1 aromatic heterocycles. The number of carbonyl (C=O) groups excluding carboxylic acids is 1. The molecule has 0 spiro atoms. The van der Waals surface area contributed by atoms with Crippen LogP contribution < -0.4 is 10.2 Å². The van der Waals surface area contributed by atoms with Crippen molar-refractivity contribution in [2.45, 2.75) is 13.3 Å². The lowest BCUT2D eigenvalue weighted by Gasteiger charge is -2.19. The Morgan fingerprint density at radius 3 is 2.92 bits per heavy atom. The molecule has 1 aliphatic rings. The van der Waals surface area contributed by atoms with E-state index in [0.29, 0.717) is 17.2 Å². The van der Waals surface area contributed by atoms with Gasteiger partial charge in [0.25, 0.3) is 5.69 Å². The molecule has 1 aromatic carbocycles. The Kier molecular flexibility index (Phi) is 4.92. The molecule has 2 heterocycles. The topological polar surface area (TPSA) is 88.4 Å². The van der Waals surface area contributed by atoms with Crippen molar-refractivity contribution in [2.75, 3.05) is 29.9 Å². The van der Waals surface area contributed by atoms with Crippen LogP contribution in [0.2, 0.25) is 0 Å². The number of nitrogens with one attached hydrogen (secondary N) is 1. The van der Waals surface area contributed by atoms with Gasteiger partial charge in [0.05, 0.1) is 4.92 Å². The highest BCUT2D eigenvalue weighted by molar-refractivity contribution is 5.95. The van der Waals surface area contributed by atoms with Gasteiger partial charge >= 0.3 is 0 Å². The third-order valence-corrected chi connectivity index (χ3v) is 4.44. The molecule has 3 rings (SSSR count). The van der Waals surface area contributed by atoms with Crippen molar-refractivity contribution in [1.82, 2.24) is 4.98 Å². The summed E-state index contributed by atoms with van der Waals surface area (Å²) in [6, 6.07) is 10.4. The second kappa shape index (κ2) is 7.29. The number of rotatable bonds is 6. The van der Waals surface area contributed by atoms with Crippen LogP contribution in [-0.2, 0) is 0 Å². The zero-order valence-electron chi connectivity index (χ0n) is 14.0. The van der Waals surface area contributed by atoms with Crippen LogP contribution >= 0.6 is 0 Å². The van der Waals surface area contributed by atoms with Crippen LogP contribution in [0.25, 0.3) is 0 Å². The maximum atomic E-state index is 11.5. The number of nitrogens with zero attached hydrogens (tertiary/aromatic N) is 3. The highest BCUT2D eigenvalue weighted by Crippen LogP contribution is 2.33. The number of hydrogen-bond acceptors (Lipinski definition) is 6. The van der Waals surface area contributed by atoms with Gasteiger partial charge in [-0.1, -0.05) is 6.07 Å². The summed E-state index contributed by atoms with van der Waals surface area (Å²) >= 11 is 0. The number of benzene rings is 1. The van der Waals surface area contributed by atoms with Gasteiger partial charge in [-0.25, -0.2) is 4.98 Å². The Hall–Kier alpha value is -2.96. The molecule has 1 fully saturated rings. The van der Waals surface area contributed by atoms with Crippen LogP contribution in [0.5, 0.6) is 0 Å². The third kappa shape index (κ3) is 3.93. The number of nitro groups is 1. The van der Waals surface area contributed by atoms with E-state index in [1.807, 2.05) is 23.1 Å². The summed E-state index contributed by atoms with van der Waals surface area (Å²) in [5, 5.41) is 14.7. The molecule has 130 valence electrons. The van der Waals surface area contributed by atoms with E-state index in [2.05, 4.69) is 10.3 Å². The third-order valence-electron chi connectivity index (χ3n) is 4.44. The molecule has 1 atom stereocenters. The second-order valence-corrected chi connectivity index (χ2v) is 6.21. The van der Waals surface area contributed by atoms with E-state index in [9.17, 15) is 14.9 Å². The lowest BCUT2D eigenvalue weighted by atomic mass is 10.1. The number of aromatic nitrogens is 1. The Balaban J connectivity index is 1.69. The van der Waals surface area contributed by atoms with E-state index >= 15 is 0 Å². The molecule has 0 aliphatic carbocycles. The minimum absolute atomic E-state index is 0.00830. The average Bonchev–Trinajstić information content (AvgIpc) is 3.09. The molecule has 0 radical (unpaired) electrons. The van der Waals surface area contributed by atoms with Crippen LogP contribution in [0.4, 0.5) is 17.2 Å². The fourth-order valence-corrected chi connectivity index (χ4v) is 3.09. The Bertz CT molecular complexity index is 779. The number of pyridine rings is 1. The maximum absolute atomic E-state index is 11.5. The van der Waals surface area contributed by atoms with Gasteiger partial charge in [-0.15, -0.1) is 0 Å². The van der Waals surface area contributed by atoms with Crippen molar-refractivity contribution in [3.05, 3.63) is 58.3 Å². The average molecular weight is 340 g/mol. The van der Waals surface area contributed by atoms with Crippen LogP contribution in [0, 0.1) is 16.0 Å². The predicted molar refractivity (Wildman–Crippen MR) is 96.1 cm³/mol. The van der Waals surface area contributed by atoms with E-state index in [1.54, 1.807) is 18.3 Å². The number of carbonyl (C=O) groups is 1. The summed E-state index contributed by atoms with van der Waals surface area (Å²) in [6.45, 7) is 3.68. The minimum atomic E-state index is -0.415. The summed E-state index contributed by atoms with van der Waals surface area (Å²) in [5.41, 5.74) is 0.935. The summed E-state index contributed by atoms with van der Waals surface area (Å²) in [6.07, 6.45) is 2.69. The Labute approximate surface area is 145 Å². The zero-order valence-corrected chi connectivity index (χ0v) is 14.0. The first-order valence-electron chi connectivity index (χ1n) is 8.24. The van der Waals surface area contributed by atoms with Crippen LogP contribution in [0.1, 0.15) is 23.7 Å². The molecule has 0 saturated carbocycles. The number of nitro benzene ring substituents is 1. The molecular formula is C18H20N4O3. The summed E-state index contributed by atoms with van der Waals surface area (Å²) in [4.78, 5) is 28.7. The molecule has 0 amide bonds. The van der Waals surface area contributed by atoms with Crippen LogP contribution in [0.15, 0.2) is 42.6 Å². The molecular weight excluding hydrogens is 320 g/mol. The molecule has 25 heavy (non-hydrogen) atoms. The van der Waals surface area contributed by atoms with Gasteiger partial charge in [0, 0.05) is 37.5 Å². The number of ketones is 1. The molecule has 7 nitrogen and oxygen atoms in total. The van der Waals surface area contributed by atoms with Crippen molar-refractivity contribution in [3.63, 3.8) is 0 Å². The summed E-state index contributed by atoms with van der Waals surface area (Å²) in [5.74, 6) is 1.04. The molecule has 0 bridgehead atoms. The smallest absolute Gasteiger partial charge is 0.293 e. The first-order valence-corrected chi connectivity index (χ1v) is 8.24. The van der Waals surface area contributed by atoms with Crippen molar-refractivity contribution < 1.29 is 9.72 Å². The van der Waals surface area contributed by atoms with Gasteiger partial charge in [0.15, 0.2) is 5.78 Å². The fraction of sp³-hybridized carbons (Fsp3) is 0.333. The van der Waals surface area contributed by atoms with Gasteiger partial charge in [-0.3, -0.25) is 14.9 Å². The quantitative estimate of drug-likeness (QED) is 0.494. The molecule has 0 unspecified atom stereocenters. The first kappa shape index (κ1) is 16.9. The zero-order chi connectivity index (χ0) is 17.8. The lowest BCUT2D eigenvalue weighted by molar-refractivity contribution is -0.384. The maximum Gasteiger partial charge on any atom is 0.293 e. The molecule has 1 saturated heterocycles. The highest BCUT2D eigenvalue weighted by atomic mass is 16.6. The number of anilines is 2. The van der Waals surface area contributed by atoms with Crippen molar-refractivity contribution in [1.29, 1.82) is 0 Å². The van der Waals surface area contributed by atoms with Gasteiger partial charge in [-0.2, -0.15) is 0 Å². The van der Waals surface area contributed by atoms with Crippen molar-refractivity contribution in [2.24, 2.45) is 5.92 Å². The van der Waals surface area contributed by atoms with Gasteiger partial charge in [0.1, 0.15) is 11.5 Å². The number of hydrogen-bond donors (Lipinski definition) is 1. The lowest BCUT2D eigenvalue weighted by Crippen LogP contribution is -2.23. The normalized spacial score (nSPS) is 16.7. The van der Waals surface area contributed by atoms with Gasteiger partial charge in [0.2, 0.25) is 0 Å². The largest absolute Gasteiger partial charge is 0.370 e. The monoisotopic (exact) mass is 340 g/mol. The van der Waals surface area contributed by atoms with E-state index in [-0.39, 0.29) is 11.5 Å². The highest BCUT2D eigenvalue weighted by Gasteiger charge is 2.28. The Morgan fingerprint density at radius 1 is 1.40 bits per heavy atom. The standard InChI is InChI=1S/C18H20N4O3/c1-13(23)15-5-6-16(17(10-15)22(24)25)21-9-7-14(12-21)11-20-18-4-2-3-8-19-18/h2-6,8,10,14H,7,9,11-12H2,1H3,(H,19,20)/t14-/m0/s1. The van der Waals surface area contributed by atoms with Crippen molar-refractivity contribution >= 4 is 23.0 Å². The van der Waals surface area contributed by atoms with E-state index < -0.39 is 4.92 Å². The molecule has 2 aromatic rings. The van der Waals surface area contributed by atoms with Crippen LogP contribution in [-0.4, -0.2) is 35.3 Å². The SMILES string of the molecule is CC(=O)c1ccc(N2CC[C@@H](CNc3ccccn3)C2)c([N+](=O)[O-])c1. The fourth-order valence-electron chi connectivity index (χ4n) is 3.09. The molecule has 7 heteroatoms. The van der Waals surface area contributed by atoms with Crippen LogP contribution in [0.3, 0.4) is 0 Å². The van der Waals surface area contributed by atoms with Gasteiger partial charge < -0.3 is 10.2 Å². The summed E-state index contributed by atoms with van der Waals surface area (Å²) in [7, 11) is 0. The van der Waals surface area contributed by atoms with E-state index in [1.165, 1.54) is 13.0 Å². The predicted octanol–water partition coefficient (Wildman–Crippen LogP) is 3.13. The molecule has 1 N–H and O–H groups in total. The van der Waals surface area contributed by atoms with E-state index in [0.717, 1.165) is 31.9 Å².